The summed E-state index contributed by atoms with van der Waals surface area (Å²) in [6, 6.07) is 38.9. The molecular formula is C44H32O4. The highest BCUT2D eigenvalue weighted by Gasteiger charge is 2.28. The molecule has 9 rings (SSSR count). The molecule has 0 unspecified atom stereocenters. The molecule has 0 spiro atoms. The van der Waals surface area contributed by atoms with Crippen LogP contribution in [0.25, 0.3) is 65.3 Å². The Morgan fingerprint density at radius 2 is 0.688 bits per heavy atom. The van der Waals surface area contributed by atoms with E-state index in [-0.39, 0.29) is 47.8 Å². The van der Waals surface area contributed by atoms with E-state index < -0.39 is 0 Å². The van der Waals surface area contributed by atoms with Crippen LogP contribution in [0.15, 0.2) is 109 Å². The number of benzene rings is 7. The van der Waals surface area contributed by atoms with Gasteiger partial charge in [0.1, 0.15) is 23.1 Å². The highest BCUT2D eigenvalue weighted by Crippen LogP contribution is 2.45. The number of hydrogen-bond acceptors (Lipinski definition) is 4. The first-order chi connectivity index (χ1) is 23.4. The van der Waals surface area contributed by atoms with Crippen LogP contribution in [-0.2, 0) is 19.2 Å². The van der Waals surface area contributed by atoms with E-state index in [2.05, 4.69) is 109 Å². The van der Waals surface area contributed by atoms with Crippen LogP contribution < -0.4 is 0 Å². The Labute approximate surface area is 277 Å². The SMILES string of the molecule is O=C1CC(=O)CC(c2ccc(-c3ccc4c5ccc(-c6ccc(C7CC(=O)CC(=O)C7)cc6)c6cccc(c7cccc3c74)c65)cc2)C1. The van der Waals surface area contributed by atoms with E-state index in [1.54, 1.807) is 0 Å². The van der Waals surface area contributed by atoms with Crippen molar-refractivity contribution in [1.82, 2.24) is 0 Å². The number of fused-ring (bicyclic) bond motifs is 2. The van der Waals surface area contributed by atoms with Crippen LogP contribution in [0.5, 0.6) is 0 Å². The van der Waals surface area contributed by atoms with Gasteiger partial charge in [-0.2, -0.15) is 0 Å². The zero-order chi connectivity index (χ0) is 32.5. The van der Waals surface area contributed by atoms with Crippen LogP contribution in [0.3, 0.4) is 0 Å². The number of rotatable bonds is 4. The third-order valence-corrected chi connectivity index (χ3v) is 10.7. The Morgan fingerprint density at radius 1 is 0.354 bits per heavy atom. The van der Waals surface area contributed by atoms with Gasteiger partial charge in [0, 0.05) is 25.7 Å². The van der Waals surface area contributed by atoms with Crippen LogP contribution in [0.1, 0.15) is 61.5 Å². The summed E-state index contributed by atoms with van der Waals surface area (Å²) in [6.45, 7) is 0. The minimum Gasteiger partial charge on any atom is -0.299 e. The summed E-state index contributed by atoms with van der Waals surface area (Å²) in [7, 11) is 0. The zero-order valence-corrected chi connectivity index (χ0v) is 26.4. The summed E-state index contributed by atoms with van der Waals surface area (Å²) >= 11 is 0. The van der Waals surface area contributed by atoms with Crippen LogP contribution in [0.4, 0.5) is 0 Å². The van der Waals surface area contributed by atoms with Gasteiger partial charge in [0.05, 0.1) is 12.8 Å². The van der Waals surface area contributed by atoms with E-state index in [0.29, 0.717) is 25.7 Å². The predicted octanol–water partition coefficient (Wildman–Crippen LogP) is 9.88. The van der Waals surface area contributed by atoms with Gasteiger partial charge in [-0.25, -0.2) is 0 Å². The molecule has 7 aromatic carbocycles. The first kappa shape index (κ1) is 28.7. The van der Waals surface area contributed by atoms with Crippen LogP contribution in [0, 0.1) is 0 Å². The molecule has 0 atom stereocenters. The number of ketones is 4. The first-order valence-corrected chi connectivity index (χ1v) is 16.8. The molecule has 2 fully saturated rings. The molecule has 0 radical (unpaired) electrons. The molecule has 0 aromatic heterocycles. The van der Waals surface area contributed by atoms with Gasteiger partial charge in [-0.1, -0.05) is 109 Å². The molecule has 4 heteroatoms. The Morgan fingerprint density at radius 3 is 1.06 bits per heavy atom. The van der Waals surface area contributed by atoms with Crippen molar-refractivity contribution < 1.29 is 19.2 Å². The van der Waals surface area contributed by atoms with Crippen molar-refractivity contribution in [3.63, 3.8) is 0 Å². The lowest BCUT2D eigenvalue weighted by Gasteiger charge is -2.21. The van der Waals surface area contributed by atoms with E-state index in [1.165, 1.54) is 43.1 Å². The fraction of sp³-hybridized carbons (Fsp3) is 0.182. The minimum absolute atomic E-state index is 0.0304. The zero-order valence-electron chi connectivity index (χ0n) is 26.4. The molecule has 232 valence electrons. The molecule has 48 heavy (non-hydrogen) atoms. The van der Waals surface area contributed by atoms with Crippen molar-refractivity contribution in [3.8, 4) is 22.3 Å². The van der Waals surface area contributed by atoms with Crippen molar-refractivity contribution in [2.75, 3.05) is 0 Å². The molecule has 0 bridgehead atoms. The Balaban J connectivity index is 1.14. The van der Waals surface area contributed by atoms with Crippen LogP contribution >= 0.6 is 0 Å². The molecule has 2 aliphatic rings. The maximum atomic E-state index is 12.1. The van der Waals surface area contributed by atoms with Crippen molar-refractivity contribution in [1.29, 1.82) is 0 Å². The molecular weight excluding hydrogens is 592 g/mol. The predicted molar refractivity (Wildman–Crippen MR) is 192 cm³/mol. The second kappa shape index (κ2) is 11.1. The van der Waals surface area contributed by atoms with Gasteiger partial charge in [-0.05, 0) is 88.3 Å². The quantitative estimate of drug-likeness (QED) is 0.111. The third kappa shape index (κ3) is 4.66. The van der Waals surface area contributed by atoms with Gasteiger partial charge < -0.3 is 0 Å². The maximum Gasteiger partial charge on any atom is 0.140 e. The van der Waals surface area contributed by atoms with E-state index >= 15 is 0 Å². The maximum absolute atomic E-state index is 12.1. The van der Waals surface area contributed by atoms with Crippen molar-refractivity contribution >= 4 is 66.2 Å². The fourth-order valence-corrected chi connectivity index (χ4v) is 8.53. The molecule has 2 saturated carbocycles. The molecule has 4 nitrogen and oxygen atoms in total. The number of hydrogen-bond donors (Lipinski definition) is 0. The molecule has 2 aliphatic carbocycles. The van der Waals surface area contributed by atoms with Gasteiger partial charge in [0.2, 0.25) is 0 Å². The van der Waals surface area contributed by atoms with Gasteiger partial charge in [-0.15, -0.1) is 0 Å². The molecule has 0 aliphatic heterocycles. The largest absolute Gasteiger partial charge is 0.299 e. The van der Waals surface area contributed by atoms with E-state index in [1.807, 2.05) is 0 Å². The summed E-state index contributed by atoms with van der Waals surface area (Å²) in [5.41, 5.74) is 6.64. The summed E-state index contributed by atoms with van der Waals surface area (Å²) in [4.78, 5) is 48.3. The van der Waals surface area contributed by atoms with Crippen molar-refractivity contribution in [2.24, 2.45) is 0 Å². The Hall–Kier alpha value is -5.48. The van der Waals surface area contributed by atoms with Crippen LogP contribution in [-0.4, -0.2) is 23.1 Å². The molecule has 0 amide bonds. The summed E-state index contributed by atoms with van der Waals surface area (Å²) in [5.74, 6) is 0.0924. The number of carbonyl (C=O) groups is 4. The smallest absolute Gasteiger partial charge is 0.140 e. The third-order valence-electron chi connectivity index (χ3n) is 10.7. The van der Waals surface area contributed by atoms with E-state index in [4.69, 9.17) is 0 Å². The van der Waals surface area contributed by atoms with Crippen LogP contribution in [0.2, 0.25) is 0 Å². The first-order valence-electron chi connectivity index (χ1n) is 16.8. The summed E-state index contributed by atoms with van der Waals surface area (Å²) in [6.07, 6.45) is 1.91. The van der Waals surface area contributed by atoms with Gasteiger partial charge in [0.25, 0.3) is 0 Å². The second-order valence-corrected chi connectivity index (χ2v) is 13.7. The lowest BCUT2D eigenvalue weighted by molar-refractivity contribution is -0.131. The molecule has 0 saturated heterocycles. The fourth-order valence-electron chi connectivity index (χ4n) is 8.53. The molecule has 0 N–H and O–H groups in total. The highest BCUT2D eigenvalue weighted by atomic mass is 16.2. The number of Topliss-reactive ketones (excluding diaryl/α,β-unsaturated/α-hetero) is 4. The lowest BCUT2D eigenvalue weighted by Crippen LogP contribution is -2.21. The summed E-state index contributed by atoms with van der Waals surface area (Å²) < 4.78 is 0. The van der Waals surface area contributed by atoms with E-state index in [9.17, 15) is 19.2 Å². The van der Waals surface area contributed by atoms with Gasteiger partial charge >= 0.3 is 0 Å². The van der Waals surface area contributed by atoms with Crippen molar-refractivity contribution in [3.05, 3.63) is 120 Å². The number of carbonyl (C=O) groups excluding carboxylic acids is 4. The standard InChI is InChI=1S/C44H32O4/c45-31-19-29(20-32(46)23-31)25-7-11-27(12-8-25)35-15-17-41-42-18-16-36(28-13-9-26(10-14-28)30-21-33(47)24-34(48)22-30)38-4-2-6-40(44(38)42)39-5-1-3-37(35)43(39)41/h1-18,29-30H,19-24H2. The Bertz CT molecular complexity index is 2240. The van der Waals surface area contributed by atoms with Gasteiger partial charge in [-0.3, -0.25) is 19.2 Å². The molecule has 0 heterocycles. The minimum atomic E-state index is -0.0304. The topological polar surface area (TPSA) is 68.3 Å². The van der Waals surface area contributed by atoms with E-state index in [0.717, 1.165) is 33.4 Å². The normalized spacial score (nSPS) is 16.7. The Kier molecular flexibility index (Phi) is 6.62. The average Bonchev–Trinajstić information content (AvgIpc) is 3.09. The summed E-state index contributed by atoms with van der Waals surface area (Å²) in [5, 5.41) is 9.77. The monoisotopic (exact) mass is 624 g/mol. The van der Waals surface area contributed by atoms with Gasteiger partial charge in [0.15, 0.2) is 0 Å². The lowest BCUT2D eigenvalue weighted by atomic mass is 9.81. The average molecular weight is 625 g/mol. The van der Waals surface area contributed by atoms with Crippen molar-refractivity contribution in [2.45, 2.75) is 50.4 Å². The highest BCUT2D eigenvalue weighted by molar-refractivity contribution is 6.35. The molecule has 7 aromatic rings. The second-order valence-electron chi connectivity index (χ2n) is 13.7.